The molecule has 0 saturated carbocycles. The van der Waals surface area contributed by atoms with Crippen molar-refractivity contribution in [2.75, 3.05) is 6.54 Å². The fourth-order valence-electron chi connectivity index (χ4n) is 1.96. The van der Waals surface area contributed by atoms with Crippen LogP contribution in [0.4, 0.5) is 0 Å². The molecule has 0 aliphatic carbocycles. The molecular formula is C8H10Cl3NO. The van der Waals surface area contributed by atoms with Crippen LogP contribution in [0.2, 0.25) is 0 Å². The predicted octanol–water partition coefficient (Wildman–Crippen LogP) is 2.69. The van der Waals surface area contributed by atoms with E-state index in [1.165, 1.54) is 0 Å². The fourth-order valence-corrected chi connectivity index (χ4v) is 2.47. The second-order valence-electron chi connectivity index (χ2n) is 3.37. The largest absolute Gasteiger partial charge is 0.474 e. The van der Waals surface area contributed by atoms with E-state index >= 15 is 0 Å². The third kappa shape index (κ3) is 1.65. The number of hydrogen-bond acceptors (Lipinski definition) is 2. The highest BCUT2D eigenvalue weighted by molar-refractivity contribution is 6.68. The number of rotatable bonds is 0. The molecule has 2 rings (SSSR count). The predicted molar refractivity (Wildman–Crippen MR) is 54.0 cm³/mol. The third-order valence-electron chi connectivity index (χ3n) is 2.51. The van der Waals surface area contributed by atoms with E-state index in [1.54, 1.807) is 0 Å². The van der Waals surface area contributed by atoms with Crippen LogP contribution in [-0.2, 0) is 4.74 Å². The van der Waals surface area contributed by atoms with Crippen LogP contribution in [0.1, 0.15) is 12.8 Å². The van der Waals surface area contributed by atoms with Gasteiger partial charge in [0, 0.05) is 6.54 Å². The van der Waals surface area contributed by atoms with Crippen molar-refractivity contribution in [1.82, 2.24) is 4.90 Å². The zero-order chi connectivity index (χ0) is 9.64. The van der Waals surface area contributed by atoms with Gasteiger partial charge in [0.1, 0.15) is 5.76 Å². The summed E-state index contributed by atoms with van der Waals surface area (Å²) < 4.78 is 4.04. The van der Waals surface area contributed by atoms with Crippen LogP contribution in [0.5, 0.6) is 0 Å². The van der Waals surface area contributed by atoms with Crippen molar-refractivity contribution < 1.29 is 4.74 Å². The molecule has 2 heterocycles. The van der Waals surface area contributed by atoms with Crippen molar-refractivity contribution in [2.45, 2.75) is 28.9 Å². The Morgan fingerprint density at radius 1 is 1.46 bits per heavy atom. The van der Waals surface area contributed by atoms with Crippen LogP contribution in [0, 0.1) is 0 Å². The quantitative estimate of drug-likeness (QED) is 0.606. The fraction of sp³-hybridized carbons (Fsp3) is 0.750. The Morgan fingerprint density at radius 2 is 2.15 bits per heavy atom. The van der Waals surface area contributed by atoms with Crippen LogP contribution >= 0.6 is 34.8 Å². The Morgan fingerprint density at radius 3 is 2.77 bits per heavy atom. The molecular weight excluding hydrogens is 232 g/mol. The van der Waals surface area contributed by atoms with Gasteiger partial charge in [-0.2, -0.15) is 0 Å². The van der Waals surface area contributed by atoms with E-state index in [9.17, 15) is 0 Å². The SMILES string of the molecule is C=C1O[C@@H](C(Cl)(Cl)Cl)N2CCC[C@H]12. The number of alkyl halides is 3. The van der Waals surface area contributed by atoms with Crippen molar-refractivity contribution in [2.24, 2.45) is 0 Å². The van der Waals surface area contributed by atoms with Gasteiger partial charge in [-0.25, -0.2) is 0 Å². The van der Waals surface area contributed by atoms with Gasteiger partial charge in [-0.3, -0.25) is 4.90 Å². The first-order chi connectivity index (χ1) is 6.00. The summed E-state index contributed by atoms with van der Waals surface area (Å²) in [6, 6.07) is 0.251. The molecule has 2 saturated heterocycles. The molecule has 74 valence electrons. The molecule has 2 aliphatic heterocycles. The van der Waals surface area contributed by atoms with E-state index < -0.39 is 10.0 Å². The minimum atomic E-state index is -1.39. The molecule has 5 heteroatoms. The van der Waals surface area contributed by atoms with Crippen molar-refractivity contribution in [3.05, 3.63) is 12.3 Å². The second-order valence-corrected chi connectivity index (χ2v) is 5.74. The summed E-state index contributed by atoms with van der Waals surface area (Å²) >= 11 is 17.4. The zero-order valence-corrected chi connectivity index (χ0v) is 9.24. The van der Waals surface area contributed by atoms with Crippen LogP contribution in [0.3, 0.4) is 0 Å². The molecule has 2 aliphatic rings. The Bertz CT molecular complexity index is 238. The number of halogens is 3. The summed E-state index contributed by atoms with van der Waals surface area (Å²) in [6.45, 7) is 4.74. The summed E-state index contributed by atoms with van der Waals surface area (Å²) in [5, 5.41) is 0. The van der Waals surface area contributed by atoms with Gasteiger partial charge in [-0.15, -0.1) is 0 Å². The summed E-state index contributed by atoms with van der Waals surface area (Å²) in [6.07, 6.45) is 1.71. The summed E-state index contributed by atoms with van der Waals surface area (Å²) in [5.74, 6) is 0.730. The second kappa shape index (κ2) is 3.20. The smallest absolute Gasteiger partial charge is 0.240 e. The van der Waals surface area contributed by atoms with Gasteiger partial charge in [0.15, 0.2) is 6.23 Å². The maximum atomic E-state index is 5.79. The molecule has 2 atom stereocenters. The lowest BCUT2D eigenvalue weighted by Gasteiger charge is -2.26. The molecule has 0 amide bonds. The average Bonchev–Trinajstić information content (AvgIpc) is 2.51. The first-order valence-corrected chi connectivity index (χ1v) is 5.31. The van der Waals surface area contributed by atoms with Gasteiger partial charge < -0.3 is 4.74 Å². The van der Waals surface area contributed by atoms with Gasteiger partial charge in [0.05, 0.1) is 6.04 Å². The first-order valence-electron chi connectivity index (χ1n) is 4.18. The molecule has 0 unspecified atom stereocenters. The molecule has 0 N–H and O–H groups in total. The molecule has 0 radical (unpaired) electrons. The van der Waals surface area contributed by atoms with Crippen molar-refractivity contribution >= 4 is 34.8 Å². The third-order valence-corrected chi connectivity index (χ3v) is 3.07. The molecule has 0 bridgehead atoms. The van der Waals surface area contributed by atoms with E-state index in [0.29, 0.717) is 0 Å². The minimum Gasteiger partial charge on any atom is -0.474 e. The highest BCUT2D eigenvalue weighted by Gasteiger charge is 2.50. The highest BCUT2D eigenvalue weighted by atomic mass is 35.6. The summed E-state index contributed by atoms with van der Waals surface area (Å²) in [7, 11) is 0. The zero-order valence-electron chi connectivity index (χ0n) is 6.97. The monoisotopic (exact) mass is 241 g/mol. The number of nitrogens with zero attached hydrogens (tertiary/aromatic N) is 1. The van der Waals surface area contributed by atoms with Crippen molar-refractivity contribution in [3.63, 3.8) is 0 Å². The molecule has 13 heavy (non-hydrogen) atoms. The first kappa shape index (κ1) is 9.91. The molecule has 0 aromatic rings. The van der Waals surface area contributed by atoms with Crippen molar-refractivity contribution in [1.29, 1.82) is 0 Å². The number of hydrogen-bond donors (Lipinski definition) is 0. The standard InChI is InChI=1S/C8H10Cl3NO/c1-5-6-3-2-4-12(6)7(13-5)8(9,10)11/h6-7H,1-4H2/t6-,7+/m1/s1. The minimum absolute atomic E-state index is 0.251. The molecule has 0 spiro atoms. The highest BCUT2D eigenvalue weighted by Crippen LogP contribution is 2.44. The maximum Gasteiger partial charge on any atom is 0.240 e. The van der Waals surface area contributed by atoms with Gasteiger partial charge >= 0.3 is 0 Å². The van der Waals surface area contributed by atoms with E-state index in [-0.39, 0.29) is 6.04 Å². The number of ether oxygens (including phenoxy) is 1. The number of fused-ring (bicyclic) bond motifs is 1. The molecule has 2 fully saturated rings. The molecule has 0 aromatic carbocycles. The van der Waals surface area contributed by atoms with E-state index in [0.717, 1.165) is 25.1 Å². The van der Waals surface area contributed by atoms with Crippen molar-refractivity contribution in [3.8, 4) is 0 Å². The van der Waals surface area contributed by atoms with Crippen LogP contribution in [0.15, 0.2) is 12.3 Å². The average molecular weight is 243 g/mol. The van der Waals surface area contributed by atoms with Gasteiger partial charge in [-0.1, -0.05) is 41.4 Å². The Balaban J connectivity index is 2.20. The van der Waals surface area contributed by atoms with E-state index in [4.69, 9.17) is 39.5 Å². The van der Waals surface area contributed by atoms with Gasteiger partial charge in [-0.05, 0) is 12.8 Å². The lowest BCUT2D eigenvalue weighted by atomic mass is 10.2. The normalized spacial score (nSPS) is 34.8. The Kier molecular flexibility index (Phi) is 2.44. The lowest BCUT2D eigenvalue weighted by Crippen LogP contribution is -2.40. The van der Waals surface area contributed by atoms with Crippen LogP contribution in [0.25, 0.3) is 0 Å². The van der Waals surface area contributed by atoms with Gasteiger partial charge in [0.2, 0.25) is 3.79 Å². The summed E-state index contributed by atoms with van der Waals surface area (Å²) in [4.78, 5) is 2.06. The van der Waals surface area contributed by atoms with E-state index in [1.807, 2.05) is 0 Å². The Hall–Kier alpha value is 0.370. The summed E-state index contributed by atoms with van der Waals surface area (Å²) in [5.41, 5.74) is 0. The van der Waals surface area contributed by atoms with Crippen LogP contribution in [-0.4, -0.2) is 27.5 Å². The maximum absolute atomic E-state index is 5.79. The van der Waals surface area contributed by atoms with Gasteiger partial charge in [0.25, 0.3) is 0 Å². The van der Waals surface area contributed by atoms with Crippen LogP contribution < -0.4 is 0 Å². The lowest BCUT2D eigenvalue weighted by molar-refractivity contribution is 0.0618. The molecule has 0 aromatic heterocycles. The topological polar surface area (TPSA) is 12.5 Å². The van der Waals surface area contributed by atoms with E-state index in [2.05, 4.69) is 11.5 Å². The Labute approximate surface area is 92.4 Å². The molecule has 2 nitrogen and oxygen atoms in total.